The minimum Gasteiger partial charge on any atom is -1.00 e. The van der Waals surface area contributed by atoms with E-state index in [0.29, 0.717) is 5.33 Å². The molecule has 0 bridgehead atoms. The van der Waals surface area contributed by atoms with Gasteiger partial charge < -0.3 is 22.1 Å². The Morgan fingerprint density at radius 3 is 2.58 bits per heavy atom. The molecule has 0 aliphatic heterocycles. The Morgan fingerprint density at radius 2 is 2.17 bits per heavy atom. The molecule has 1 rings (SSSR count). The van der Waals surface area contributed by atoms with Crippen molar-refractivity contribution in [1.82, 2.24) is 0 Å². The van der Waals surface area contributed by atoms with Crippen molar-refractivity contribution in [1.29, 1.82) is 0 Å². The molecule has 4 heteroatoms. The molecule has 1 nitrogen and oxygen atoms in total. The Kier molecular flexibility index (Phi) is 10.9. The Bertz CT molecular complexity index is 194. The second-order valence-electron chi connectivity index (χ2n) is 1.96. The van der Waals surface area contributed by atoms with Gasteiger partial charge in [-0.15, -0.1) is 6.10 Å². The standard InChI is InChI=1S/C8H7BrO.BrH.Mg/c9-6-8(10)7-4-2-1-3-5-7;;/h1-4,8H,6H2;1H;/q-2;;+2/p-1. The molecule has 0 radical (unpaired) electrons. The summed E-state index contributed by atoms with van der Waals surface area (Å²) >= 11 is 3.12. The van der Waals surface area contributed by atoms with Gasteiger partial charge in [0.05, 0.1) is 0 Å². The zero-order chi connectivity index (χ0) is 7.40. The molecule has 0 aliphatic rings. The molecule has 12 heavy (non-hydrogen) atoms. The minimum atomic E-state index is -0.679. The van der Waals surface area contributed by atoms with Crippen molar-refractivity contribution in [3.05, 3.63) is 35.9 Å². The zero-order valence-electron chi connectivity index (χ0n) is 6.47. The number of halogens is 2. The fraction of sp³-hybridized carbons (Fsp3) is 0.250. The van der Waals surface area contributed by atoms with Crippen LogP contribution in [0.15, 0.2) is 24.3 Å². The van der Waals surface area contributed by atoms with E-state index in [9.17, 15) is 5.11 Å². The zero-order valence-corrected chi connectivity index (χ0v) is 11.1. The van der Waals surface area contributed by atoms with Gasteiger partial charge in [-0.1, -0.05) is 15.9 Å². The minimum absolute atomic E-state index is 0. The van der Waals surface area contributed by atoms with E-state index in [1.54, 1.807) is 12.1 Å². The smallest absolute Gasteiger partial charge is 1.00 e. The first-order valence-electron chi connectivity index (χ1n) is 3.03. The molecular formula is C8H7Br2MgO-. The summed E-state index contributed by atoms with van der Waals surface area (Å²) in [5.74, 6) is 0. The molecule has 1 aromatic rings. The third-order valence-electron chi connectivity index (χ3n) is 1.22. The van der Waals surface area contributed by atoms with Gasteiger partial charge in [0.1, 0.15) is 0 Å². The normalized spacial score (nSPS) is 10.8. The molecule has 1 atom stereocenters. The van der Waals surface area contributed by atoms with Crippen LogP contribution in [0.2, 0.25) is 0 Å². The molecule has 0 heterocycles. The van der Waals surface area contributed by atoms with Gasteiger partial charge in [-0.25, -0.2) is 0 Å². The van der Waals surface area contributed by atoms with Crippen LogP contribution in [0, 0.1) is 6.07 Å². The molecule has 0 N–H and O–H groups in total. The second-order valence-corrected chi connectivity index (χ2v) is 2.61. The molecule has 62 valence electrons. The van der Waals surface area contributed by atoms with Gasteiger partial charge in [-0.05, 0) is 5.33 Å². The first-order chi connectivity index (χ1) is 4.84. The number of benzene rings is 1. The van der Waals surface area contributed by atoms with Crippen molar-refractivity contribution in [3.63, 3.8) is 0 Å². The van der Waals surface area contributed by atoms with Gasteiger partial charge >= 0.3 is 23.1 Å². The molecule has 0 saturated carbocycles. The molecule has 0 fully saturated rings. The average molecular weight is 303 g/mol. The van der Waals surface area contributed by atoms with E-state index in [2.05, 4.69) is 22.0 Å². The third-order valence-corrected chi connectivity index (χ3v) is 1.81. The van der Waals surface area contributed by atoms with E-state index in [4.69, 9.17) is 0 Å². The van der Waals surface area contributed by atoms with Crippen LogP contribution in [-0.2, 0) is 0 Å². The van der Waals surface area contributed by atoms with Gasteiger partial charge in [0.25, 0.3) is 0 Å². The van der Waals surface area contributed by atoms with E-state index < -0.39 is 6.10 Å². The number of hydrogen-bond donors (Lipinski definition) is 0. The van der Waals surface area contributed by atoms with Crippen LogP contribution in [0.4, 0.5) is 0 Å². The average Bonchev–Trinajstić information content (AvgIpc) is 2.05. The topological polar surface area (TPSA) is 23.1 Å². The van der Waals surface area contributed by atoms with Crippen LogP contribution in [-0.4, -0.2) is 28.4 Å². The molecule has 0 amide bonds. The summed E-state index contributed by atoms with van der Waals surface area (Å²) in [6.07, 6.45) is -0.679. The first-order valence-corrected chi connectivity index (χ1v) is 4.15. The van der Waals surface area contributed by atoms with Crippen LogP contribution >= 0.6 is 15.9 Å². The van der Waals surface area contributed by atoms with E-state index in [1.807, 2.05) is 12.1 Å². The SMILES string of the molecule is [Br-].[Mg+2].[O-]C(CBr)c1[c-]cccc1. The van der Waals surface area contributed by atoms with Crippen LogP contribution in [0.5, 0.6) is 0 Å². The number of alkyl halides is 1. The van der Waals surface area contributed by atoms with E-state index in [-0.39, 0.29) is 40.0 Å². The maximum absolute atomic E-state index is 11.0. The number of hydrogen-bond acceptors (Lipinski definition) is 1. The van der Waals surface area contributed by atoms with Crippen LogP contribution in [0.25, 0.3) is 0 Å². The van der Waals surface area contributed by atoms with Crippen LogP contribution < -0.4 is 22.1 Å². The molecule has 0 aliphatic carbocycles. The summed E-state index contributed by atoms with van der Waals surface area (Å²) in [5.41, 5.74) is 0.722. The van der Waals surface area contributed by atoms with Gasteiger partial charge in [0, 0.05) is 0 Å². The van der Waals surface area contributed by atoms with Gasteiger partial charge in [0.15, 0.2) is 0 Å². The van der Waals surface area contributed by atoms with E-state index >= 15 is 0 Å². The molecule has 0 spiro atoms. The van der Waals surface area contributed by atoms with E-state index in [1.165, 1.54) is 0 Å². The van der Waals surface area contributed by atoms with Gasteiger partial charge in [-0.3, -0.25) is 0 Å². The quantitative estimate of drug-likeness (QED) is 0.349. The maximum Gasteiger partial charge on any atom is 2.00 e. The van der Waals surface area contributed by atoms with Crippen molar-refractivity contribution in [2.75, 3.05) is 5.33 Å². The summed E-state index contributed by atoms with van der Waals surface area (Å²) in [5, 5.41) is 11.5. The summed E-state index contributed by atoms with van der Waals surface area (Å²) < 4.78 is 0. The Hall–Kier alpha value is 0.906. The van der Waals surface area contributed by atoms with Crippen molar-refractivity contribution in [3.8, 4) is 0 Å². The summed E-state index contributed by atoms with van der Waals surface area (Å²) in [7, 11) is 0. The van der Waals surface area contributed by atoms with Crippen LogP contribution in [0.1, 0.15) is 11.7 Å². The fourth-order valence-electron chi connectivity index (χ4n) is 0.691. The molecule has 1 unspecified atom stereocenters. The summed E-state index contributed by atoms with van der Waals surface area (Å²) in [4.78, 5) is 0. The maximum atomic E-state index is 11.0. The summed E-state index contributed by atoms with van der Waals surface area (Å²) in [6.45, 7) is 0. The van der Waals surface area contributed by atoms with Crippen molar-refractivity contribution >= 4 is 39.0 Å². The molecule has 1 aromatic carbocycles. The monoisotopic (exact) mass is 301 g/mol. The van der Waals surface area contributed by atoms with E-state index in [0.717, 1.165) is 5.56 Å². The Morgan fingerprint density at radius 1 is 1.50 bits per heavy atom. The van der Waals surface area contributed by atoms with Crippen LogP contribution in [0.3, 0.4) is 0 Å². The van der Waals surface area contributed by atoms with Crippen molar-refractivity contribution in [2.24, 2.45) is 0 Å². The first kappa shape index (κ1) is 15.4. The Labute approximate surface area is 108 Å². The summed E-state index contributed by atoms with van der Waals surface area (Å²) in [6, 6.07) is 10.1. The fourth-order valence-corrected chi connectivity index (χ4v) is 1.04. The van der Waals surface area contributed by atoms with Crippen molar-refractivity contribution in [2.45, 2.75) is 6.10 Å². The van der Waals surface area contributed by atoms with Gasteiger partial charge in [0.2, 0.25) is 0 Å². The second kappa shape index (κ2) is 8.50. The predicted octanol–water partition coefficient (Wildman–Crippen LogP) is -2.09. The Balaban J connectivity index is 0. The third kappa shape index (κ3) is 4.82. The molecule has 0 saturated heterocycles. The predicted molar refractivity (Wildman–Crippen MR) is 47.6 cm³/mol. The largest absolute Gasteiger partial charge is 2.00 e. The van der Waals surface area contributed by atoms with Crippen molar-refractivity contribution < 1.29 is 22.1 Å². The van der Waals surface area contributed by atoms with Gasteiger partial charge in [-0.2, -0.15) is 35.9 Å². The molecular weight excluding hydrogens is 296 g/mol. The molecule has 0 aromatic heterocycles. The number of rotatable bonds is 2.